The second-order valence-electron chi connectivity index (χ2n) is 7.07. The van der Waals surface area contributed by atoms with Crippen molar-refractivity contribution in [3.8, 4) is 0 Å². The van der Waals surface area contributed by atoms with Crippen molar-refractivity contribution in [1.82, 2.24) is 9.88 Å². The van der Waals surface area contributed by atoms with Crippen molar-refractivity contribution >= 4 is 38.7 Å². The lowest BCUT2D eigenvalue weighted by Gasteiger charge is -2.15. The first-order valence-electron chi connectivity index (χ1n) is 10.1. The number of fused-ring (bicyclic) bond motifs is 1. The van der Waals surface area contributed by atoms with Gasteiger partial charge in [-0.3, -0.25) is 9.71 Å². The maximum Gasteiger partial charge on any atom is 0.337 e. The number of carbonyl (C=O) groups is 1. The largest absolute Gasteiger partial charge is 0.478 e. The molecule has 0 aliphatic rings. The van der Waals surface area contributed by atoms with Crippen LogP contribution in [0.1, 0.15) is 29.8 Å². The maximum atomic E-state index is 13.9. The first-order chi connectivity index (χ1) is 15.2. The fourth-order valence-electron chi connectivity index (χ4n) is 3.29. The van der Waals surface area contributed by atoms with E-state index in [1.807, 2.05) is 13.8 Å². The summed E-state index contributed by atoms with van der Waals surface area (Å²) in [5, 5.41) is 10.1. The van der Waals surface area contributed by atoms with Crippen LogP contribution in [0.2, 0.25) is 0 Å². The van der Waals surface area contributed by atoms with Crippen LogP contribution in [0.25, 0.3) is 17.0 Å². The van der Waals surface area contributed by atoms with E-state index in [0.29, 0.717) is 17.4 Å². The van der Waals surface area contributed by atoms with E-state index >= 15 is 0 Å². The van der Waals surface area contributed by atoms with E-state index in [1.165, 1.54) is 18.3 Å². The molecule has 1 aromatic heterocycles. The Morgan fingerprint density at radius 1 is 1.19 bits per heavy atom. The molecular formula is C23H24FN3O4S. The minimum atomic E-state index is -4.22. The highest BCUT2D eigenvalue weighted by Crippen LogP contribution is 2.27. The number of carboxylic acids is 1. The molecule has 9 heteroatoms. The lowest BCUT2D eigenvalue weighted by Crippen LogP contribution is -2.22. The Morgan fingerprint density at radius 2 is 1.94 bits per heavy atom. The number of hydrogen-bond donors (Lipinski definition) is 2. The molecule has 2 aromatic carbocycles. The third kappa shape index (κ3) is 5.30. The fraction of sp³-hybridized carbons (Fsp3) is 0.217. The number of hydrogen-bond acceptors (Lipinski definition) is 5. The number of aromatic nitrogens is 1. The molecule has 0 saturated heterocycles. The van der Waals surface area contributed by atoms with E-state index in [-0.39, 0.29) is 21.7 Å². The zero-order valence-electron chi connectivity index (χ0n) is 17.7. The molecule has 0 amide bonds. The standard InChI is InChI=1S/C23H24FN3O4S/c1-3-27(4-2)12-6-8-17-13-18(24)9-10-22(17)32(30,31)26-21-15-20-16(7-5-11-25-20)14-19(21)23(28)29/h5-11,13-15,26H,3-4,12H2,1-2H3,(H,28,29)/b8-6-. The molecule has 32 heavy (non-hydrogen) atoms. The number of sulfonamides is 1. The Hall–Kier alpha value is -3.30. The highest BCUT2D eigenvalue weighted by Gasteiger charge is 2.22. The quantitative estimate of drug-likeness (QED) is 0.499. The van der Waals surface area contributed by atoms with E-state index in [1.54, 1.807) is 24.3 Å². The number of nitrogens with one attached hydrogen (secondary N) is 1. The van der Waals surface area contributed by atoms with Crippen molar-refractivity contribution in [3.05, 3.63) is 71.7 Å². The molecule has 0 radical (unpaired) electrons. The average Bonchev–Trinajstić information content (AvgIpc) is 2.75. The first kappa shape index (κ1) is 23.4. The summed E-state index contributed by atoms with van der Waals surface area (Å²) >= 11 is 0. The highest BCUT2D eigenvalue weighted by molar-refractivity contribution is 7.92. The number of halogens is 1. The number of nitrogens with zero attached hydrogens (tertiary/aromatic N) is 2. The van der Waals surface area contributed by atoms with E-state index in [9.17, 15) is 22.7 Å². The van der Waals surface area contributed by atoms with E-state index < -0.39 is 21.8 Å². The third-order valence-corrected chi connectivity index (χ3v) is 6.47. The molecule has 0 bridgehead atoms. The second-order valence-corrected chi connectivity index (χ2v) is 8.73. The summed E-state index contributed by atoms with van der Waals surface area (Å²) in [6, 6.07) is 9.42. The van der Waals surface area contributed by atoms with Crippen LogP contribution in [0.15, 0.2) is 59.6 Å². The topological polar surface area (TPSA) is 99.6 Å². The Labute approximate surface area is 186 Å². The smallest absolute Gasteiger partial charge is 0.337 e. The third-order valence-electron chi connectivity index (χ3n) is 5.03. The van der Waals surface area contributed by atoms with Gasteiger partial charge in [-0.15, -0.1) is 0 Å². The number of pyridine rings is 1. The number of likely N-dealkylation sites (N-methyl/N-ethyl adjacent to an activating group) is 1. The van der Waals surface area contributed by atoms with Gasteiger partial charge in [0.15, 0.2) is 0 Å². The van der Waals surface area contributed by atoms with Crippen LogP contribution >= 0.6 is 0 Å². The molecular weight excluding hydrogens is 433 g/mol. The van der Waals surface area contributed by atoms with Crippen LogP contribution in [-0.2, 0) is 10.0 Å². The normalized spacial score (nSPS) is 12.0. The van der Waals surface area contributed by atoms with Crippen LogP contribution in [0.5, 0.6) is 0 Å². The molecule has 0 atom stereocenters. The molecule has 1 heterocycles. The summed E-state index contributed by atoms with van der Waals surface area (Å²) in [4.78, 5) is 17.8. The van der Waals surface area contributed by atoms with Gasteiger partial charge in [-0.2, -0.15) is 0 Å². The lowest BCUT2D eigenvalue weighted by atomic mass is 10.1. The summed E-state index contributed by atoms with van der Waals surface area (Å²) in [6.07, 6.45) is 4.85. The van der Waals surface area contributed by atoms with Crippen molar-refractivity contribution in [2.24, 2.45) is 0 Å². The van der Waals surface area contributed by atoms with Crippen molar-refractivity contribution in [1.29, 1.82) is 0 Å². The Balaban J connectivity index is 2.01. The molecule has 0 spiro atoms. The van der Waals surface area contributed by atoms with Gasteiger partial charge in [-0.25, -0.2) is 17.6 Å². The SMILES string of the molecule is CCN(CC)C/C=C\c1cc(F)ccc1S(=O)(=O)Nc1cc2ncccc2cc1C(=O)O. The van der Waals surface area contributed by atoms with E-state index in [4.69, 9.17) is 0 Å². The van der Waals surface area contributed by atoms with Gasteiger partial charge >= 0.3 is 5.97 Å². The first-order valence-corrected chi connectivity index (χ1v) is 11.6. The van der Waals surface area contributed by atoms with E-state index in [2.05, 4.69) is 14.6 Å². The van der Waals surface area contributed by atoms with Crippen molar-refractivity contribution < 1.29 is 22.7 Å². The zero-order valence-corrected chi connectivity index (χ0v) is 18.6. The second kappa shape index (κ2) is 9.88. The molecule has 0 unspecified atom stereocenters. The number of benzene rings is 2. The van der Waals surface area contributed by atoms with Gasteiger partial charge in [0.25, 0.3) is 10.0 Å². The summed E-state index contributed by atoms with van der Waals surface area (Å²) in [5.74, 6) is -1.86. The summed E-state index contributed by atoms with van der Waals surface area (Å²) < 4.78 is 42.5. The van der Waals surface area contributed by atoms with Crippen LogP contribution in [0.3, 0.4) is 0 Å². The molecule has 168 valence electrons. The maximum absolute atomic E-state index is 13.9. The van der Waals surface area contributed by atoms with Gasteiger partial charge in [-0.05, 0) is 55.1 Å². The molecule has 2 N–H and O–H groups in total. The predicted molar refractivity (Wildman–Crippen MR) is 123 cm³/mol. The zero-order chi connectivity index (χ0) is 23.3. The minimum Gasteiger partial charge on any atom is -0.478 e. The molecule has 7 nitrogen and oxygen atoms in total. The molecule has 3 rings (SSSR count). The van der Waals surface area contributed by atoms with Crippen LogP contribution < -0.4 is 4.72 Å². The summed E-state index contributed by atoms with van der Waals surface area (Å²) in [7, 11) is -4.22. The van der Waals surface area contributed by atoms with Gasteiger partial charge < -0.3 is 10.0 Å². The molecule has 0 fully saturated rings. The Bertz CT molecular complexity index is 1270. The minimum absolute atomic E-state index is 0.119. The molecule has 0 aliphatic carbocycles. The number of anilines is 1. The lowest BCUT2D eigenvalue weighted by molar-refractivity contribution is 0.0698. The monoisotopic (exact) mass is 457 g/mol. The number of carboxylic acid groups (broad SMARTS) is 1. The Morgan fingerprint density at radius 3 is 2.62 bits per heavy atom. The average molecular weight is 458 g/mol. The van der Waals surface area contributed by atoms with Gasteiger partial charge in [-0.1, -0.05) is 32.1 Å². The summed E-state index contributed by atoms with van der Waals surface area (Å²) in [6.45, 7) is 6.25. The number of aromatic carboxylic acids is 1. The van der Waals surface area contributed by atoms with Crippen molar-refractivity contribution in [2.45, 2.75) is 18.7 Å². The van der Waals surface area contributed by atoms with Gasteiger partial charge in [0, 0.05) is 18.1 Å². The highest BCUT2D eigenvalue weighted by atomic mass is 32.2. The molecule has 0 aliphatic heterocycles. The van der Waals surface area contributed by atoms with Crippen molar-refractivity contribution in [3.63, 3.8) is 0 Å². The van der Waals surface area contributed by atoms with Gasteiger partial charge in [0.1, 0.15) is 5.82 Å². The number of rotatable bonds is 9. The van der Waals surface area contributed by atoms with Crippen LogP contribution in [0, 0.1) is 5.82 Å². The fourth-order valence-corrected chi connectivity index (χ4v) is 4.54. The van der Waals surface area contributed by atoms with Crippen LogP contribution in [0.4, 0.5) is 10.1 Å². The Kier molecular flexibility index (Phi) is 7.22. The van der Waals surface area contributed by atoms with Gasteiger partial charge in [0.05, 0.1) is 21.7 Å². The summed E-state index contributed by atoms with van der Waals surface area (Å²) in [5.41, 5.74) is 0.273. The predicted octanol–water partition coefficient (Wildman–Crippen LogP) is 4.23. The molecule has 0 saturated carbocycles. The molecule has 3 aromatic rings. The van der Waals surface area contributed by atoms with Crippen molar-refractivity contribution in [2.75, 3.05) is 24.4 Å². The van der Waals surface area contributed by atoms with Gasteiger partial charge in [0.2, 0.25) is 0 Å². The van der Waals surface area contributed by atoms with Crippen LogP contribution in [-0.4, -0.2) is 49.0 Å². The van der Waals surface area contributed by atoms with E-state index in [0.717, 1.165) is 31.3 Å².